The molecule has 0 unspecified atom stereocenters. The Morgan fingerprint density at radius 3 is 2.57 bits per heavy atom. The normalized spacial score (nSPS) is 20.2. The summed E-state index contributed by atoms with van der Waals surface area (Å²) >= 11 is 0. The highest BCUT2D eigenvalue weighted by atomic mass is 19.1. The highest BCUT2D eigenvalue weighted by molar-refractivity contribution is 5.79. The molecule has 5 nitrogen and oxygen atoms in total. The molecule has 1 saturated heterocycles. The summed E-state index contributed by atoms with van der Waals surface area (Å²) < 4.78 is 19.3. The minimum Gasteiger partial charge on any atom is -0.491 e. The van der Waals surface area contributed by atoms with Gasteiger partial charge in [-0.3, -0.25) is 4.99 Å². The van der Waals surface area contributed by atoms with Gasteiger partial charge in [-0.05, 0) is 50.3 Å². The van der Waals surface area contributed by atoms with Crippen molar-refractivity contribution in [3.63, 3.8) is 0 Å². The average molecular weight is 391 g/mol. The first-order chi connectivity index (χ1) is 13.7. The predicted octanol–water partition coefficient (Wildman–Crippen LogP) is 3.69. The second kappa shape index (κ2) is 10.6. The van der Waals surface area contributed by atoms with E-state index >= 15 is 0 Å². The zero-order valence-electron chi connectivity index (χ0n) is 17.3. The van der Waals surface area contributed by atoms with Crippen LogP contribution < -0.4 is 15.4 Å². The van der Waals surface area contributed by atoms with E-state index in [2.05, 4.69) is 20.5 Å². The summed E-state index contributed by atoms with van der Waals surface area (Å²) in [4.78, 5) is 7.03. The van der Waals surface area contributed by atoms with Crippen molar-refractivity contribution in [1.29, 1.82) is 0 Å². The summed E-state index contributed by atoms with van der Waals surface area (Å²) in [5.74, 6) is 0.767. The van der Waals surface area contributed by atoms with Crippen LogP contribution in [0.3, 0.4) is 0 Å². The van der Waals surface area contributed by atoms with E-state index in [1.165, 1.54) is 51.3 Å². The van der Waals surface area contributed by atoms with E-state index < -0.39 is 0 Å². The molecule has 2 aliphatic rings. The third-order valence-corrected chi connectivity index (χ3v) is 5.94. The van der Waals surface area contributed by atoms with Crippen molar-refractivity contribution in [2.45, 2.75) is 70.5 Å². The molecule has 156 valence electrons. The molecular weight excluding hydrogens is 355 g/mol. The lowest BCUT2D eigenvalue weighted by molar-refractivity contribution is 0.119. The van der Waals surface area contributed by atoms with Crippen molar-refractivity contribution < 1.29 is 9.13 Å². The van der Waals surface area contributed by atoms with Gasteiger partial charge in [0, 0.05) is 38.8 Å². The number of hydrogen-bond donors (Lipinski definition) is 2. The van der Waals surface area contributed by atoms with Gasteiger partial charge in [0.1, 0.15) is 0 Å². The minimum absolute atomic E-state index is 0.304. The van der Waals surface area contributed by atoms with Gasteiger partial charge >= 0.3 is 0 Å². The number of nitrogens with zero attached hydrogens (tertiary/aromatic N) is 2. The van der Waals surface area contributed by atoms with Crippen molar-refractivity contribution >= 4 is 5.96 Å². The fraction of sp³-hybridized carbons (Fsp3) is 0.682. The molecule has 0 radical (unpaired) electrons. The lowest BCUT2D eigenvalue weighted by atomic mass is 9.92. The Labute approximate surface area is 168 Å². The largest absolute Gasteiger partial charge is 0.491 e. The number of aliphatic imine (C=N–C) groups is 1. The highest BCUT2D eigenvalue weighted by Crippen LogP contribution is 2.25. The molecule has 1 heterocycles. The first kappa shape index (κ1) is 20.9. The molecule has 3 rings (SSSR count). The first-order valence-electron chi connectivity index (χ1n) is 10.8. The van der Waals surface area contributed by atoms with Crippen molar-refractivity contribution in [2.24, 2.45) is 4.99 Å². The molecule has 0 bridgehead atoms. The molecule has 2 N–H and O–H groups in total. The summed E-state index contributed by atoms with van der Waals surface area (Å²) in [6.45, 7) is 5.19. The number of nitrogens with one attached hydrogen (secondary N) is 2. The van der Waals surface area contributed by atoms with Crippen molar-refractivity contribution in [1.82, 2.24) is 15.5 Å². The minimum atomic E-state index is -0.320. The van der Waals surface area contributed by atoms with E-state index in [-0.39, 0.29) is 5.82 Å². The Morgan fingerprint density at radius 2 is 1.93 bits per heavy atom. The maximum absolute atomic E-state index is 14.0. The van der Waals surface area contributed by atoms with Crippen molar-refractivity contribution in [3.05, 3.63) is 29.6 Å². The standard InChI is InChI=1S/C22H35FN4O/c1-3-28-21-10-9-17(15-20(21)23)16-25-22(24-2)26-18-11-13-27(14-12-18)19-7-5-4-6-8-19/h9-10,15,18-19H,3-8,11-14,16H2,1-2H3,(H2,24,25,26). The van der Waals surface area contributed by atoms with Gasteiger partial charge < -0.3 is 20.3 Å². The Bertz CT molecular complexity index is 637. The Hall–Kier alpha value is -1.82. The van der Waals surface area contributed by atoms with Crippen LogP contribution in [-0.2, 0) is 6.54 Å². The Balaban J connectivity index is 1.43. The van der Waals surface area contributed by atoms with Crippen molar-refractivity contribution in [3.8, 4) is 5.75 Å². The van der Waals surface area contributed by atoms with Crippen LogP contribution >= 0.6 is 0 Å². The van der Waals surface area contributed by atoms with Crippen LogP contribution in [0.1, 0.15) is 57.4 Å². The van der Waals surface area contributed by atoms with Gasteiger partial charge in [-0.25, -0.2) is 4.39 Å². The van der Waals surface area contributed by atoms with Gasteiger partial charge in [0.25, 0.3) is 0 Å². The van der Waals surface area contributed by atoms with Gasteiger partial charge in [0.05, 0.1) is 6.61 Å². The monoisotopic (exact) mass is 390 g/mol. The quantitative estimate of drug-likeness (QED) is 0.575. The van der Waals surface area contributed by atoms with Crippen LogP contribution in [-0.4, -0.2) is 49.7 Å². The fourth-order valence-electron chi connectivity index (χ4n) is 4.36. The van der Waals surface area contributed by atoms with E-state index in [0.29, 0.717) is 24.9 Å². The van der Waals surface area contributed by atoms with Crippen LogP contribution in [0.5, 0.6) is 5.75 Å². The first-order valence-corrected chi connectivity index (χ1v) is 10.8. The predicted molar refractivity (Wildman–Crippen MR) is 112 cm³/mol. The number of ether oxygens (including phenoxy) is 1. The summed E-state index contributed by atoms with van der Waals surface area (Å²) in [6, 6.07) is 6.35. The maximum atomic E-state index is 14.0. The lowest BCUT2D eigenvalue weighted by Crippen LogP contribution is -2.50. The number of piperidine rings is 1. The number of guanidine groups is 1. The van der Waals surface area contributed by atoms with E-state index in [1.807, 2.05) is 13.0 Å². The summed E-state index contributed by atoms with van der Waals surface area (Å²) in [7, 11) is 1.78. The zero-order chi connectivity index (χ0) is 19.8. The second-order valence-electron chi connectivity index (χ2n) is 7.87. The molecule has 0 amide bonds. The molecule has 28 heavy (non-hydrogen) atoms. The van der Waals surface area contributed by atoms with Gasteiger partial charge in [-0.2, -0.15) is 0 Å². The average Bonchev–Trinajstić information content (AvgIpc) is 2.74. The molecule has 0 aromatic heterocycles. The molecular formula is C22H35FN4O. The molecule has 6 heteroatoms. The topological polar surface area (TPSA) is 48.9 Å². The van der Waals surface area contributed by atoms with E-state index in [1.54, 1.807) is 13.1 Å². The van der Waals surface area contributed by atoms with Gasteiger partial charge in [0.2, 0.25) is 0 Å². The number of rotatable bonds is 6. The van der Waals surface area contributed by atoms with Gasteiger partial charge in [-0.1, -0.05) is 25.3 Å². The molecule has 1 aromatic carbocycles. The van der Waals surface area contributed by atoms with Crippen LogP contribution in [0.2, 0.25) is 0 Å². The Morgan fingerprint density at radius 1 is 1.18 bits per heavy atom. The summed E-state index contributed by atoms with van der Waals surface area (Å²) in [5.41, 5.74) is 0.871. The molecule has 1 aliphatic heterocycles. The molecule has 1 saturated carbocycles. The van der Waals surface area contributed by atoms with E-state index in [9.17, 15) is 4.39 Å². The lowest BCUT2D eigenvalue weighted by Gasteiger charge is -2.39. The SMILES string of the molecule is CCOc1ccc(CNC(=NC)NC2CCN(C3CCCCC3)CC2)cc1F. The van der Waals surface area contributed by atoms with Crippen LogP contribution in [0, 0.1) is 5.82 Å². The second-order valence-corrected chi connectivity index (χ2v) is 7.87. The Kier molecular flexibility index (Phi) is 7.95. The fourth-order valence-corrected chi connectivity index (χ4v) is 4.36. The maximum Gasteiger partial charge on any atom is 0.191 e. The molecule has 1 aliphatic carbocycles. The summed E-state index contributed by atoms with van der Waals surface area (Å²) in [5, 5.41) is 6.84. The third-order valence-electron chi connectivity index (χ3n) is 5.94. The number of halogens is 1. The van der Waals surface area contributed by atoms with Crippen LogP contribution in [0.25, 0.3) is 0 Å². The molecule has 1 aromatic rings. The number of likely N-dealkylation sites (tertiary alicyclic amines) is 1. The van der Waals surface area contributed by atoms with Crippen LogP contribution in [0.4, 0.5) is 4.39 Å². The van der Waals surface area contributed by atoms with E-state index in [4.69, 9.17) is 4.74 Å². The highest BCUT2D eigenvalue weighted by Gasteiger charge is 2.26. The van der Waals surface area contributed by atoms with Crippen LogP contribution in [0.15, 0.2) is 23.2 Å². The van der Waals surface area contributed by atoms with Crippen molar-refractivity contribution in [2.75, 3.05) is 26.7 Å². The van der Waals surface area contributed by atoms with E-state index in [0.717, 1.165) is 30.4 Å². The zero-order valence-corrected chi connectivity index (χ0v) is 17.3. The van der Waals surface area contributed by atoms with Gasteiger partial charge in [0.15, 0.2) is 17.5 Å². The third kappa shape index (κ3) is 5.84. The number of hydrogen-bond acceptors (Lipinski definition) is 3. The van der Waals surface area contributed by atoms with Gasteiger partial charge in [-0.15, -0.1) is 0 Å². The molecule has 2 fully saturated rings. The summed E-state index contributed by atoms with van der Waals surface area (Å²) in [6.07, 6.45) is 9.25. The molecule has 0 spiro atoms. The smallest absolute Gasteiger partial charge is 0.191 e. The molecule has 0 atom stereocenters. The number of benzene rings is 1.